The number of hydrogen-bond donors (Lipinski definition) is 0. The second kappa shape index (κ2) is 9.96. The van der Waals surface area contributed by atoms with Crippen molar-refractivity contribution in [3.05, 3.63) is 23.8 Å². The maximum absolute atomic E-state index is 13.4. The van der Waals surface area contributed by atoms with Crippen molar-refractivity contribution < 1.29 is 23.8 Å². The number of carbonyl (C=O) groups excluding carboxylic acids is 2. The molecular weight excluding hydrogens is 372 g/mol. The highest BCUT2D eigenvalue weighted by Crippen LogP contribution is 2.30. The third-order valence-corrected chi connectivity index (χ3v) is 5.85. The molecule has 3 rings (SSSR count). The van der Waals surface area contributed by atoms with E-state index in [0.29, 0.717) is 36.8 Å². The fourth-order valence-corrected chi connectivity index (χ4v) is 4.16. The van der Waals surface area contributed by atoms with Crippen LogP contribution in [-0.4, -0.2) is 74.2 Å². The molecule has 2 fully saturated rings. The Balaban J connectivity index is 1.78. The summed E-state index contributed by atoms with van der Waals surface area (Å²) in [5.74, 6) is 1.27. The van der Waals surface area contributed by atoms with Gasteiger partial charge in [0, 0.05) is 46.5 Å². The molecule has 2 aliphatic heterocycles. The van der Waals surface area contributed by atoms with Gasteiger partial charge in [-0.15, -0.1) is 0 Å². The van der Waals surface area contributed by atoms with Crippen molar-refractivity contribution in [2.75, 3.05) is 40.5 Å². The van der Waals surface area contributed by atoms with Gasteiger partial charge < -0.3 is 24.0 Å². The summed E-state index contributed by atoms with van der Waals surface area (Å²) in [5, 5.41) is 0. The summed E-state index contributed by atoms with van der Waals surface area (Å²) >= 11 is 0. The van der Waals surface area contributed by atoms with Gasteiger partial charge in [0.2, 0.25) is 5.91 Å². The second-order valence-electron chi connectivity index (χ2n) is 7.79. The fourth-order valence-electron chi connectivity index (χ4n) is 4.16. The zero-order chi connectivity index (χ0) is 20.8. The van der Waals surface area contributed by atoms with Gasteiger partial charge >= 0.3 is 0 Å². The molecule has 29 heavy (non-hydrogen) atoms. The Kier molecular flexibility index (Phi) is 7.36. The second-order valence-corrected chi connectivity index (χ2v) is 7.79. The van der Waals surface area contributed by atoms with Crippen molar-refractivity contribution in [2.45, 2.75) is 51.2 Å². The highest BCUT2D eigenvalue weighted by molar-refractivity contribution is 5.97. The van der Waals surface area contributed by atoms with Crippen molar-refractivity contribution in [3.8, 4) is 11.5 Å². The van der Waals surface area contributed by atoms with E-state index in [-0.39, 0.29) is 24.0 Å². The Morgan fingerprint density at radius 3 is 2.48 bits per heavy atom. The van der Waals surface area contributed by atoms with Crippen LogP contribution in [0.25, 0.3) is 0 Å². The highest BCUT2D eigenvalue weighted by Gasteiger charge is 2.30. The predicted octanol–water partition coefficient (Wildman–Crippen LogP) is 2.73. The molecule has 2 saturated heterocycles. The Labute approximate surface area is 172 Å². The van der Waals surface area contributed by atoms with Gasteiger partial charge in [-0.2, -0.15) is 0 Å². The van der Waals surface area contributed by atoms with Crippen molar-refractivity contribution in [1.29, 1.82) is 0 Å². The number of ether oxygens (including phenoxy) is 3. The standard InChI is InChI=1S/C22H32N2O5/c1-16(25)23-12-9-18(10-13-23)29-21-8-7-19(28-3)14-20(21)22(26)24-11-5-4-6-17(24)15-27-2/h7-8,14,17-18H,4-6,9-13,15H2,1-3H3/t17-/m0/s1. The van der Waals surface area contributed by atoms with Crippen LogP contribution < -0.4 is 9.47 Å². The number of benzene rings is 1. The van der Waals surface area contributed by atoms with E-state index in [2.05, 4.69) is 0 Å². The van der Waals surface area contributed by atoms with E-state index in [9.17, 15) is 9.59 Å². The van der Waals surface area contributed by atoms with Crippen LogP contribution in [0, 0.1) is 0 Å². The monoisotopic (exact) mass is 404 g/mol. The van der Waals surface area contributed by atoms with E-state index in [1.807, 2.05) is 21.9 Å². The van der Waals surface area contributed by atoms with Crippen LogP contribution in [0.2, 0.25) is 0 Å². The number of rotatable bonds is 6. The first-order valence-corrected chi connectivity index (χ1v) is 10.4. The Morgan fingerprint density at radius 1 is 1.07 bits per heavy atom. The molecule has 0 aliphatic carbocycles. The topological polar surface area (TPSA) is 68.3 Å². The van der Waals surface area contributed by atoms with Crippen LogP contribution in [0.3, 0.4) is 0 Å². The smallest absolute Gasteiger partial charge is 0.258 e. The van der Waals surface area contributed by atoms with Crippen molar-refractivity contribution in [1.82, 2.24) is 9.80 Å². The van der Waals surface area contributed by atoms with E-state index in [4.69, 9.17) is 14.2 Å². The Hall–Kier alpha value is -2.28. The summed E-state index contributed by atoms with van der Waals surface area (Å²) in [7, 11) is 3.26. The van der Waals surface area contributed by atoms with E-state index in [1.165, 1.54) is 0 Å². The van der Waals surface area contributed by atoms with Gasteiger partial charge in [-0.1, -0.05) is 0 Å². The Morgan fingerprint density at radius 2 is 1.83 bits per heavy atom. The molecule has 160 valence electrons. The van der Waals surface area contributed by atoms with Crippen LogP contribution in [-0.2, 0) is 9.53 Å². The highest BCUT2D eigenvalue weighted by atomic mass is 16.5. The molecule has 2 aliphatic rings. The third-order valence-electron chi connectivity index (χ3n) is 5.85. The summed E-state index contributed by atoms with van der Waals surface area (Å²) in [6, 6.07) is 5.48. The van der Waals surface area contributed by atoms with Gasteiger partial charge in [0.15, 0.2) is 0 Å². The average Bonchev–Trinajstić information content (AvgIpc) is 2.74. The quantitative estimate of drug-likeness (QED) is 0.729. The van der Waals surface area contributed by atoms with Crippen molar-refractivity contribution in [2.24, 2.45) is 0 Å². The lowest BCUT2D eigenvalue weighted by Crippen LogP contribution is -2.46. The maximum Gasteiger partial charge on any atom is 0.258 e. The lowest BCUT2D eigenvalue weighted by Gasteiger charge is -2.36. The van der Waals surface area contributed by atoms with E-state index < -0.39 is 0 Å². The van der Waals surface area contributed by atoms with Crippen LogP contribution in [0.1, 0.15) is 49.4 Å². The van der Waals surface area contributed by atoms with Gasteiger partial charge in [-0.05, 0) is 37.5 Å². The summed E-state index contributed by atoms with van der Waals surface area (Å²) in [6.07, 6.45) is 4.55. The molecule has 2 heterocycles. The van der Waals surface area contributed by atoms with Gasteiger partial charge in [0.25, 0.3) is 5.91 Å². The molecule has 0 N–H and O–H groups in total. The number of likely N-dealkylation sites (tertiary alicyclic amines) is 2. The number of hydrogen-bond acceptors (Lipinski definition) is 5. The van der Waals surface area contributed by atoms with Crippen LogP contribution >= 0.6 is 0 Å². The van der Waals surface area contributed by atoms with Gasteiger partial charge in [0.1, 0.15) is 17.6 Å². The van der Waals surface area contributed by atoms with Gasteiger partial charge in [0.05, 0.1) is 25.3 Å². The molecule has 0 spiro atoms. The number of carbonyl (C=O) groups is 2. The lowest BCUT2D eigenvalue weighted by atomic mass is 10.0. The number of amides is 2. The molecule has 0 aromatic heterocycles. The minimum absolute atomic E-state index is 0.0123. The number of piperidine rings is 2. The molecule has 2 amide bonds. The predicted molar refractivity (Wildman–Crippen MR) is 109 cm³/mol. The normalized spacial score (nSPS) is 20.4. The molecule has 0 radical (unpaired) electrons. The summed E-state index contributed by atoms with van der Waals surface area (Å²) < 4.78 is 16.9. The fraction of sp³-hybridized carbons (Fsp3) is 0.636. The Bertz CT molecular complexity index is 713. The first-order chi connectivity index (χ1) is 14.0. The molecule has 1 aromatic rings. The zero-order valence-corrected chi connectivity index (χ0v) is 17.7. The number of nitrogens with zero attached hydrogens (tertiary/aromatic N) is 2. The molecule has 0 bridgehead atoms. The SMILES string of the molecule is COC[C@@H]1CCCCN1C(=O)c1cc(OC)ccc1OC1CCN(C(C)=O)CC1. The first kappa shape index (κ1) is 21.4. The van der Waals surface area contributed by atoms with E-state index in [0.717, 1.165) is 38.6 Å². The van der Waals surface area contributed by atoms with Crippen LogP contribution in [0.5, 0.6) is 11.5 Å². The van der Waals surface area contributed by atoms with Crippen LogP contribution in [0.15, 0.2) is 18.2 Å². The van der Waals surface area contributed by atoms with Gasteiger partial charge in [-0.25, -0.2) is 0 Å². The number of methoxy groups -OCH3 is 2. The molecule has 7 heteroatoms. The van der Waals surface area contributed by atoms with Gasteiger partial charge in [-0.3, -0.25) is 9.59 Å². The summed E-state index contributed by atoms with van der Waals surface area (Å²) in [6.45, 7) is 4.22. The van der Waals surface area contributed by atoms with E-state index in [1.54, 1.807) is 27.2 Å². The summed E-state index contributed by atoms with van der Waals surface area (Å²) in [5.41, 5.74) is 0.529. The van der Waals surface area contributed by atoms with Crippen molar-refractivity contribution >= 4 is 11.8 Å². The zero-order valence-electron chi connectivity index (χ0n) is 17.7. The average molecular weight is 405 g/mol. The molecular formula is C22H32N2O5. The minimum Gasteiger partial charge on any atom is -0.497 e. The summed E-state index contributed by atoms with van der Waals surface area (Å²) in [4.78, 5) is 28.7. The minimum atomic E-state index is -0.0400. The molecule has 7 nitrogen and oxygen atoms in total. The molecule has 0 unspecified atom stereocenters. The molecule has 1 aromatic carbocycles. The van der Waals surface area contributed by atoms with E-state index >= 15 is 0 Å². The largest absolute Gasteiger partial charge is 0.497 e. The van der Waals surface area contributed by atoms with Crippen molar-refractivity contribution in [3.63, 3.8) is 0 Å². The molecule has 0 saturated carbocycles. The van der Waals surface area contributed by atoms with Crippen LogP contribution in [0.4, 0.5) is 0 Å². The maximum atomic E-state index is 13.4. The molecule has 1 atom stereocenters. The first-order valence-electron chi connectivity index (χ1n) is 10.4. The lowest BCUT2D eigenvalue weighted by molar-refractivity contribution is -0.130. The third kappa shape index (κ3) is 5.21.